The zero-order chi connectivity index (χ0) is 21.1. The molecule has 0 spiro atoms. The molecule has 154 valence electrons. The Morgan fingerprint density at radius 3 is 2.31 bits per heavy atom. The fourth-order valence-electron chi connectivity index (χ4n) is 3.16. The van der Waals surface area contributed by atoms with E-state index in [9.17, 15) is 0 Å². The molecule has 0 unspecified atom stereocenters. The van der Waals surface area contributed by atoms with Crippen molar-refractivity contribution in [2.45, 2.75) is 52.1 Å². The fourth-order valence-corrected chi connectivity index (χ4v) is 5.07. The van der Waals surface area contributed by atoms with Crippen molar-refractivity contribution in [1.29, 1.82) is 0 Å². The fraction of sp³-hybridized carbons (Fsp3) is 0.375. The van der Waals surface area contributed by atoms with Gasteiger partial charge in [-0.15, -0.1) is 0 Å². The zero-order valence-electron chi connectivity index (χ0n) is 18.7. The highest BCUT2D eigenvalue weighted by Crippen LogP contribution is 2.21. The summed E-state index contributed by atoms with van der Waals surface area (Å²) in [4.78, 5) is 0. The second-order valence-electron chi connectivity index (χ2n) is 9.96. The number of hydrogen-bond donors (Lipinski definition) is 0. The first-order chi connectivity index (χ1) is 13.6. The van der Waals surface area contributed by atoms with Gasteiger partial charge >= 0.3 is 0 Å². The molecule has 5 heteroatoms. The van der Waals surface area contributed by atoms with E-state index in [0.717, 1.165) is 12.3 Å². The number of rotatable bonds is 8. The summed E-state index contributed by atoms with van der Waals surface area (Å²) >= 11 is 0. The van der Waals surface area contributed by atoms with Crippen molar-refractivity contribution in [3.05, 3.63) is 59.8 Å². The summed E-state index contributed by atoms with van der Waals surface area (Å²) in [5.74, 6) is 0. The van der Waals surface area contributed by atoms with Gasteiger partial charge in [0.05, 0.1) is 19.3 Å². The van der Waals surface area contributed by atoms with Crippen LogP contribution in [0.1, 0.15) is 11.3 Å². The highest BCUT2D eigenvalue weighted by Gasteiger charge is 2.19. The Kier molecular flexibility index (Phi) is 6.61. The van der Waals surface area contributed by atoms with Crippen molar-refractivity contribution in [3.63, 3.8) is 0 Å². The van der Waals surface area contributed by atoms with Crippen LogP contribution in [0.4, 0.5) is 0 Å². The van der Waals surface area contributed by atoms with E-state index < -0.39 is 16.1 Å². The summed E-state index contributed by atoms with van der Waals surface area (Å²) in [6.07, 6.45) is 4.25. The van der Waals surface area contributed by atoms with Crippen molar-refractivity contribution in [2.75, 3.05) is 6.61 Å². The van der Waals surface area contributed by atoms with E-state index in [1.165, 1.54) is 27.7 Å². The Morgan fingerprint density at radius 1 is 0.931 bits per heavy atom. The third-order valence-corrected chi connectivity index (χ3v) is 8.84. The van der Waals surface area contributed by atoms with Crippen LogP contribution in [0.3, 0.4) is 0 Å². The minimum absolute atomic E-state index is 0.509. The molecule has 0 aliphatic carbocycles. The first-order valence-electron chi connectivity index (χ1n) is 10.5. The molecular formula is C24H34N2OSi2. The number of fused-ring (bicyclic) bond motifs is 1. The number of aromatic nitrogens is 2. The lowest BCUT2D eigenvalue weighted by Crippen LogP contribution is -2.37. The molecule has 0 saturated heterocycles. The van der Waals surface area contributed by atoms with Crippen molar-refractivity contribution >= 4 is 44.4 Å². The first-order valence-corrected chi connectivity index (χ1v) is 17.7. The molecule has 0 aliphatic heterocycles. The highest BCUT2D eigenvalue weighted by atomic mass is 28.3. The molecule has 0 fully saturated rings. The van der Waals surface area contributed by atoms with Gasteiger partial charge in [-0.1, -0.05) is 93.0 Å². The molecule has 3 rings (SSSR count). The molecule has 3 aromatic rings. The molecule has 29 heavy (non-hydrogen) atoms. The molecule has 2 aromatic carbocycles. The number of nitrogens with zero attached hydrogens (tertiary/aromatic N) is 2. The van der Waals surface area contributed by atoms with Crippen molar-refractivity contribution in [2.24, 2.45) is 0 Å². The molecule has 1 heterocycles. The Balaban J connectivity index is 1.91. The Labute approximate surface area is 177 Å². The lowest BCUT2D eigenvalue weighted by Gasteiger charge is -2.17. The van der Waals surface area contributed by atoms with Crippen molar-refractivity contribution < 1.29 is 4.74 Å². The van der Waals surface area contributed by atoms with E-state index in [1.807, 2.05) is 10.7 Å². The third kappa shape index (κ3) is 6.01. The molecule has 0 radical (unpaired) electrons. The van der Waals surface area contributed by atoms with Crippen LogP contribution in [0.25, 0.3) is 23.1 Å². The normalized spacial score (nSPS) is 12.9. The molecule has 0 amide bonds. The van der Waals surface area contributed by atoms with E-state index in [0.29, 0.717) is 6.73 Å². The van der Waals surface area contributed by atoms with Gasteiger partial charge in [0, 0.05) is 20.1 Å². The Bertz CT molecular complexity index is 980. The number of benzene rings is 2. The lowest BCUT2D eigenvalue weighted by atomic mass is 10.1. The quantitative estimate of drug-likeness (QED) is 0.326. The molecule has 0 aliphatic rings. The van der Waals surface area contributed by atoms with Gasteiger partial charge in [0.25, 0.3) is 0 Å². The zero-order valence-corrected chi connectivity index (χ0v) is 20.7. The van der Waals surface area contributed by atoms with Crippen LogP contribution >= 0.6 is 0 Å². The third-order valence-electron chi connectivity index (χ3n) is 5.09. The molecule has 0 saturated carbocycles. The second-order valence-corrected chi connectivity index (χ2v) is 20.7. The van der Waals surface area contributed by atoms with Gasteiger partial charge in [-0.2, -0.15) is 5.10 Å². The maximum atomic E-state index is 6.03. The second kappa shape index (κ2) is 8.82. The Morgan fingerprint density at radius 2 is 1.66 bits per heavy atom. The standard InChI is InChI=1S/C24H34N2OSi2/c1-28(2,3)17-16-27-19-26-24-18-21(29(4,5)6)13-14-22(24)23(25-26)15-12-20-10-8-7-9-11-20/h7-15,18H,16-17,19H2,1-6H3. The van der Waals surface area contributed by atoms with Gasteiger partial charge < -0.3 is 4.74 Å². The number of ether oxygens (including phenoxy) is 1. The average molecular weight is 423 g/mol. The van der Waals surface area contributed by atoms with Gasteiger partial charge in [-0.3, -0.25) is 0 Å². The topological polar surface area (TPSA) is 27.1 Å². The van der Waals surface area contributed by atoms with Crippen LogP contribution in [-0.4, -0.2) is 32.5 Å². The molecule has 1 aromatic heterocycles. The summed E-state index contributed by atoms with van der Waals surface area (Å²) in [6, 6.07) is 18.4. The SMILES string of the molecule is C[Si](C)(C)CCOCn1nc(C=Cc2ccccc2)c2ccc([Si](C)(C)C)cc21. The van der Waals surface area contributed by atoms with Gasteiger partial charge in [-0.25, -0.2) is 4.68 Å². The van der Waals surface area contributed by atoms with Crippen LogP contribution in [0, 0.1) is 0 Å². The monoisotopic (exact) mass is 422 g/mol. The summed E-state index contributed by atoms with van der Waals surface area (Å²) in [5.41, 5.74) is 3.35. The number of hydrogen-bond acceptors (Lipinski definition) is 2. The smallest absolute Gasteiger partial charge is 0.140 e. The van der Waals surface area contributed by atoms with Crippen LogP contribution in [0.5, 0.6) is 0 Å². The molecule has 0 atom stereocenters. The molecule has 0 bridgehead atoms. The van der Waals surface area contributed by atoms with Gasteiger partial charge in [-0.05, 0) is 23.7 Å². The van der Waals surface area contributed by atoms with Crippen LogP contribution in [-0.2, 0) is 11.5 Å². The predicted octanol–water partition coefficient (Wildman–Crippen LogP) is 6.06. The van der Waals surface area contributed by atoms with Gasteiger partial charge in [0.15, 0.2) is 0 Å². The lowest BCUT2D eigenvalue weighted by molar-refractivity contribution is 0.0816. The average Bonchev–Trinajstić information content (AvgIpc) is 3.00. The highest BCUT2D eigenvalue weighted by molar-refractivity contribution is 6.88. The van der Waals surface area contributed by atoms with E-state index in [1.54, 1.807) is 0 Å². The minimum atomic E-state index is -1.39. The largest absolute Gasteiger partial charge is 0.360 e. The van der Waals surface area contributed by atoms with Gasteiger partial charge in [0.1, 0.15) is 6.73 Å². The van der Waals surface area contributed by atoms with E-state index >= 15 is 0 Å². The maximum absolute atomic E-state index is 6.03. The summed E-state index contributed by atoms with van der Waals surface area (Å²) in [5, 5.41) is 7.53. The van der Waals surface area contributed by atoms with Gasteiger partial charge in [0.2, 0.25) is 0 Å². The van der Waals surface area contributed by atoms with E-state index in [-0.39, 0.29) is 0 Å². The summed E-state index contributed by atoms with van der Waals surface area (Å²) < 4.78 is 8.06. The maximum Gasteiger partial charge on any atom is 0.140 e. The van der Waals surface area contributed by atoms with E-state index in [4.69, 9.17) is 9.84 Å². The Hall–Kier alpha value is -1.96. The molecular weight excluding hydrogens is 388 g/mol. The predicted molar refractivity (Wildman–Crippen MR) is 132 cm³/mol. The van der Waals surface area contributed by atoms with E-state index in [2.05, 4.69) is 93.9 Å². The van der Waals surface area contributed by atoms with Crippen molar-refractivity contribution in [1.82, 2.24) is 9.78 Å². The van der Waals surface area contributed by atoms with Crippen LogP contribution < -0.4 is 5.19 Å². The molecule has 3 nitrogen and oxygen atoms in total. The summed E-state index contributed by atoms with van der Waals surface area (Å²) in [7, 11) is -2.48. The van der Waals surface area contributed by atoms with Crippen LogP contribution in [0.2, 0.25) is 45.3 Å². The first kappa shape index (κ1) is 21.7. The minimum Gasteiger partial charge on any atom is -0.360 e. The summed E-state index contributed by atoms with van der Waals surface area (Å²) in [6.45, 7) is 15.6. The van der Waals surface area contributed by atoms with Crippen molar-refractivity contribution in [3.8, 4) is 0 Å². The molecule has 0 N–H and O–H groups in total. The van der Waals surface area contributed by atoms with Crippen LogP contribution in [0.15, 0.2) is 48.5 Å².